The summed E-state index contributed by atoms with van der Waals surface area (Å²) >= 11 is 0. The third kappa shape index (κ3) is 1.93. The number of amides is 1. The highest BCUT2D eigenvalue weighted by Gasteiger charge is 2.39. The minimum Gasteiger partial charge on any atom is -0.335 e. The minimum absolute atomic E-state index is 0.0366. The van der Waals surface area contributed by atoms with Crippen LogP contribution in [0.4, 0.5) is 0 Å². The summed E-state index contributed by atoms with van der Waals surface area (Å²) < 4.78 is 0. The second kappa shape index (κ2) is 4.10. The van der Waals surface area contributed by atoms with Crippen LogP contribution in [0.2, 0.25) is 0 Å². The molecule has 1 aromatic heterocycles. The molecule has 2 heterocycles. The van der Waals surface area contributed by atoms with E-state index in [0.717, 1.165) is 32.4 Å². The van der Waals surface area contributed by atoms with E-state index in [4.69, 9.17) is 5.73 Å². The molecule has 2 fully saturated rings. The lowest BCUT2D eigenvalue weighted by Gasteiger charge is -2.27. The number of carbonyl (C=O) groups excluding carboxylic acids is 1. The number of aromatic amines is 1. The number of H-pyrrole nitrogens is 1. The molecule has 0 radical (unpaired) electrons. The first-order valence-electron chi connectivity index (χ1n) is 6.14. The molecule has 3 N–H and O–H groups in total. The van der Waals surface area contributed by atoms with Gasteiger partial charge in [-0.25, -0.2) is 4.98 Å². The van der Waals surface area contributed by atoms with Crippen molar-refractivity contribution in [3.8, 4) is 0 Å². The van der Waals surface area contributed by atoms with E-state index in [0.29, 0.717) is 23.7 Å². The van der Waals surface area contributed by atoms with Crippen molar-refractivity contribution in [1.29, 1.82) is 0 Å². The van der Waals surface area contributed by atoms with Crippen LogP contribution in [0.5, 0.6) is 0 Å². The van der Waals surface area contributed by atoms with Crippen LogP contribution >= 0.6 is 0 Å². The Morgan fingerprint density at radius 1 is 1.41 bits per heavy atom. The maximum Gasteiger partial charge on any atom is 0.291 e. The maximum absolute atomic E-state index is 12.1. The van der Waals surface area contributed by atoms with Gasteiger partial charge in [-0.1, -0.05) is 0 Å². The van der Waals surface area contributed by atoms with Crippen molar-refractivity contribution in [2.75, 3.05) is 13.1 Å². The van der Waals surface area contributed by atoms with Crippen molar-refractivity contribution < 1.29 is 4.79 Å². The van der Waals surface area contributed by atoms with E-state index < -0.39 is 0 Å². The molecule has 6 heteroatoms. The van der Waals surface area contributed by atoms with Gasteiger partial charge in [-0.15, -0.1) is 0 Å². The summed E-state index contributed by atoms with van der Waals surface area (Å²) in [6.07, 6.45) is 4.65. The van der Waals surface area contributed by atoms with Crippen molar-refractivity contribution in [3.63, 3.8) is 0 Å². The zero-order valence-corrected chi connectivity index (χ0v) is 9.67. The number of hydrogen-bond donors (Lipinski definition) is 2. The van der Waals surface area contributed by atoms with E-state index in [1.54, 1.807) is 0 Å². The highest BCUT2D eigenvalue weighted by molar-refractivity contribution is 5.90. The molecule has 1 saturated heterocycles. The van der Waals surface area contributed by atoms with Crippen LogP contribution in [0.15, 0.2) is 6.33 Å². The van der Waals surface area contributed by atoms with Gasteiger partial charge in [-0.2, -0.15) is 5.10 Å². The number of hydrogen-bond acceptors (Lipinski definition) is 4. The number of fused-ring (bicyclic) bond motifs is 1. The molecule has 3 atom stereocenters. The van der Waals surface area contributed by atoms with Crippen molar-refractivity contribution in [3.05, 3.63) is 12.2 Å². The van der Waals surface area contributed by atoms with Crippen molar-refractivity contribution in [1.82, 2.24) is 20.1 Å². The molecule has 1 aliphatic carbocycles. The summed E-state index contributed by atoms with van der Waals surface area (Å²) in [4.78, 5) is 17.9. The van der Waals surface area contributed by atoms with E-state index >= 15 is 0 Å². The van der Waals surface area contributed by atoms with Crippen LogP contribution in [0.1, 0.15) is 29.9 Å². The Kier molecular flexibility index (Phi) is 2.58. The van der Waals surface area contributed by atoms with Gasteiger partial charge in [0.1, 0.15) is 6.33 Å². The van der Waals surface area contributed by atoms with Gasteiger partial charge in [0.15, 0.2) is 0 Å². The lowest BCUT2D eigenvalue weighted by molar-refractivity contribution is 0.0772. The predicted molar refractivity (Wildman–Crippen MR) is 61.1 cm³/mol. The number of carbonyl (C=O) groups is 1. The van der Waals surface area contributed by atoms with Crippen LogP contribution in [0.25, 0.3) is 0 Å². The van der Waals surface area contributed by atoms with Crippen LogP contribution in [-0.4, -0.2) is 45.1 Å². The van der Waals surface area contributed by atoms with E-state index in [-0.39, 0.29) is 5.91 Å². The van der Waals surface area contributed by atoms with E-state index in [9.17, 15) is 4.79 Å². The molecular formula is C11H17N5O. The normalized spacial score (nSPS) is 32.5. The molecular weight excluding hydrogens is 218 g/mol. The van der Waals surface area contributed by atoms with Gasteiger partial charge in [-0.05, 0) is 31.1 Å². The topological polar surface area (TPSA) is 87.9 Å². The molecule has 1 aromatic rings. The molecule has 2 aliphatic rings. The zero-order valence-electron chi connectivity index (χ0n) is 9.67. The Bertz CT molecular complexity index is 404. The summed E-state index contributed by atoms with van der Waals surface area (Å²) in [7, 11) is 0. The van der Waals surface area contributed by atoms with Crippen LogP contribution in [0.3, 0.4) is 0 Å². The Morgan fingerprint density at radius 2 is 2.24 bits per heavy atom. The van der Waals surface area contributed by atoms with Gasteiger partial charge in [-0.3, -0.25) is 9.89 Å². The lowest BCUT2D eigenvalue weighted by Crippen LogP contribution is -2.32. The van der Waals surface area contributed by atoms with Gasteiger partial charge in [0.25, 0.3) is 5.91 Å². The number of nitrogens with zero attached hydrogens (tertiary/aromatic N) is 3. The average Bonchev–Trinajstić information content (AvgIpc) is 2.96. The highest BCUT2D eigenvalue weighted by atomic mass is 16.2. The first-order chi connectivity index (χ1) is 8.24. The number of nitrogens with two attached hydrogens (primary N) is 1. The van der Waals surface area contributed by atoms with Crippen molar-refractivity contribution in [2.45, 2.75) is 25.3 Å². The summed E-state index contributed by atoms with van der Waals surface area (Å²) in [5, 5.41) is 6.34. The molecule has 1 unspecified atom stereocenters. The fourth-order valence-corrected chi connectivity index (χ4v) is 3.09. The summed E-state index contributed by atoms with van der Waals surface area (Å²) in [6.45, 7) is 1.66. The largest absolute Gasteiger partial charge is 0.335 e. The summed E-state index contributed by atoms with van der Waals surface area (Å²) in [5.41, 5.74) is 5.97. The maximum atomic E-state index is 12.1. The molecule has 3 rings (SSSR count). The predicted octanol–water partition coefficient (Wildman–Crippen LogP) is 0.00410. The van der Waals surface area contributed by atoms with Crippen LogP contribution < -0.4 is 5.73 Å². The minimum atomic E-state index is -0.0366. The Labute approximate surface area is 99.6 Å². The third-order valence-corrected chi connectivity index (χ3v) is 4.00. The van der Waals surface area contributed by atoms with Gasteiger partial charge < -0.3 is 10.6 Å². The molecule has 1 amide bonds. The van der Waals surface area contributed by atoms with E-state index in [1.807, 2.05) is 4.90 Å². The van der Waals surface area contributed by atoms with Crippen LogP contribution in [0, 0.1) is 11.8 Å². The second-order valence-electron chi connectivity index (χ2n) is 5.14. The van der Waals surface area contributed by atoms with Crippen molar-refractivity contribution in [2.24, 2.45) is 17.6 Å². The van der Waals surface area contributed by atoms with Gasteiger partial charge in [0.05, 0.1) is 0 Å². The average molecular weight is 235 g/mol. The quantitative estimate of drug-likeness (QED) is 0.717. The molecule has 17 heavy (non-hydrogen) atoms. The molecule has 92 valence electrons. The first-order valence-corrected chi connectivity index (χ1v) is 6.14. The van der Waals surface area contributed by atoms with Gasteiger partial charge >= 0.3 is 0 Å². The Morgan fingerprint density at radius 3 is 3.00 bits per heavy atom. The zero-order chi connectivity index (χ0) is 11.8. The number of likely N-dealkylation sites (tertiary alicyclic amines) is 1. The second-order valence-corrected chi connectivity index (χ2v) is 5.14. The molecule has 0 spiro atoms. The monoisotopic (exact) mass is 235 g/mol. The Hall–Kier alpha value is -1.43. The number of nitrogens with one attached hydrogen (secondary N) is 1. The number of aromatic nitrogens is 3. The fraction of sp³-hybridized carbons (Fsp3) is 0.727. The van der Waals surface area contributed by atoms with E-state index in [1.165, 1.54) is 6.33 Å². The van der Waals surface area contributed by atoms with Gasteiger partial charge in [0, 0.05) is 19.1 Å². The van der Waals surface area contributed by atoms with Gasteiger partial charge in [0.2, 0.25) is 5.82 Å². The van der Waals surface area contributed by atoms with Crippen LogP contribution in [-0.2, 0) is 0 Å². The number of rotatable bonds is 1. The fourth-order valence-electron chi connectivity index (χ4n) is 3.09. The highest BCUT2D eigenvalue weighted by Crippen LogP contribution is 2.35. The molecule has 1 saturated carbocycles. The SMILES string of the molecule is NC1CC[C@@H]2CN(C(=O)c3ncn[nH]3)C[C@@H]2C1. The van der Waals surface area contributed by atoms with E-state index in [2.05, 4.69) is 15.2 Å². The third-order valence-electron chi connectivity index (χ3n) is 4.00. The smallest absolute Gasteiger partial charge is 0.291 e. The standard InChI is InChI=1S/C11H17N5O/c12-9-2-1-7-4-16(5-8(7)3-9)11(17)10-13-6-14-15-10/h6-9H,1-5,12H2,(H,13,14,15)/t7-,8+,9?/m1/s1. The molecule has 0 aromatic carbocycles. The Balaban J connectivity index is 1.69. The lowest BCUT2D eigenvalue weighted by atomic mass is 9.79. The first kappa shape index (κ1) is 10.7. The summed E-state index contributed by atoms with van der Waals surface area (Å²) in [6, 6.07) is 0.316. The molecule has 0 bridgehead atoms. The van der Waals surface area contributed by atoms with Crippen molar-refractivity contribution >= 4 is 5.91 Å². The molecule has 1 aliphatic heterocycles. The molecule has 6 nitrogen and oxygen atoms in total. The summed E-state index contributed by atoms with van der Waals surface area (Å²) in [5.74, 6) is 1.51.